The van der Waals surface area contributed by atoms with Gasteiger partial charge in [-0.05, 0) is 38.4 Å². The molecule has 1 aromatic rings. The number of aromatic nitrogens is 1. The summed E-state index contributed by atoms with van der Waals surface area (Å²) in [6, 6.07) is 1.66. The SMILES string of the molecule is CN(c1ncc(Cl)cc1F)C1CCCNCC1. The van der Waals surface area contributed by atoms with Crippen LogP contribution in [0, 0.1) is 5.82 Å². The average Bonchev–Trinajstić information content (AvgIpc) is 2.56. The van der Waals surface area contributed by atoms with E-state index in [1.807, 2.05) is 11.9 Å². The summed E-state index contributed by atoms with van der Waals surface area (Å²) in [5, 5.41) is 3.68. The first-order valence-electron chi connectivity index (χ1n) is 5.93. The third-order valence-corrected chi connectivity index (χ3v) is 3.42. The number of hydrogen-bond acceptors (Lipinski definition) is 3. The normalized spacial score (nSPS) is 21.0. The van der Waals surface area contributed by atoms with E-state index in [4.69, 9.17) is 11.6 Å². The van der Waals surface area contributed by atoms with Crippen molar-refractivity contribution < 1.29 is 4.39 Å². The van der Waals surface area contributed by atoms with Crippen LogP contribution in [0.3, 0.4) is 0 Å². The van der Waals surface area contributed by atoms with Crippen LogP contribution in [0.2, 0.25) is 5.02 Å². The molecule has 5 heteroatoms. The molecule has 1 atom stereocenters. The van der Waals surface area contributed by atoms with Crippen molar-refractivity contribution in [1.29, 1.82) is 0 Å². The van der Waals surface area contributed by atoms with E-state index < -0.39 is 0 Å². The number of nitrogens with zero attached hydrogens (tertiary/aromatic N) is 2. The summed E-state index contributed by atoms with van der Waals surface area (Å²) in [6.45, 7) is 2.02. The van der Waals surface area contributed by atoms with Crippen molar-refractivity contribution in [3.8, 4) is 0 Å². The van der Waals surface area contributed by atoms with E-state index in [-0.39, 0.29) is 5.82 Å². The van der Waals surface area contributed by atoms with Gasteiger partial charge in [0.25, 0.3) is 0 Å². The van der Waals surface area contributed by atoms with Gasteiger partial charge >= 0.3 is 0 Å². The predicted molar refractivity (Wildman–Crippen MR) is 68.1 cm³/mol. The maximum atomic E-state index is 13.8. The zero-order valence-electron chi connectivity index (χ0n) is 9.92. The molecule has 1 aliphatic rings. The summed E-state index contributed by atoms with van der Waals surface area (Å²) in [5.74, 6) is 0.0403. The monoisotopic (exact) mass is 257 g/mol. The van der Waals surface area contributed by atoms with E-state index in [0.717, 1.165) is 32.4 Å². The minimum atomic E-state index is -0.350. The lowest BCUT2D eigenvalue weighted by Gasteiger charge is -2.28. The first-order valence-corrected chi connectivity index (χ1v) is 6.31. The Hall–Kier alpha value is -0.870. The molecule has 1 saturated heterocycles. The summed E-state index contributed by atoms with van der Waals surface area (Å²) in [7, 11) is 1.90. The highest BCUT2D eigenvalue weighted by molar-refractivity contribution is 6.30. The standard InChI is InChI=1S/C12H17ClFN3/c1-17(10-3-2-5-15-6-4-10)12-11(14)7-9(13)8-16-12/h7-8,10,15H,2-6H2,1H3. The molecule has 1 unspecified atom stereocenters. The topological polar surface area (TPSA) is 28.2 Å². The lowest BCUT2D eigenvalue weighted by atomic mass is 10.1. The van der Waals surface area contributed by atoms with Gasteiger partial charge in [0.05, 0.1) is 5.02 Å². The predicted octanol–water partition coefficient (Wildman–Crippen LogP) is 2.45. The Bertz CT molecular complexity index is 378. The van der Waals surface area contributed by atoms with E-state index in [9.17, 15) is 4.39 Å². The quantitative estimate of drug-likeness (QED) is 0.882. The second-order valence-corrected chi connectivity index (χ2v) is 4.84. The van der Waals surface area contributed by atoms with Crippen molar-refractivity contribution in [3.05, 3.63) is 23.1 Å². The highest BCUT2D eigenvalue weighted by atomic mass is 35.5. The molecule has 3 nitrogen and oxygen atoms in total. The molecule has 0 saturated carbocycles. The molecule has 17 heavy (non-hydrogen) atoms. The van der Waals surface area contributed by atoms with Crippen LogP contribution < -0.4 is 10.2 Å². The molecule has 1 aliphatic heterocycles. The highest BCUT2D eigenvalue weighted by Crippen LogP contribution is 2.23. The van der Waals surface area contributed by atoms with Crippen LogP contribution in [-0.4, -0.2) is 31.2 Å². The first kappa shape index (κ1) is 12.6. The summed E-state index contributed by atoms with van der Waals surface area (Å²) >= 11 is 5.70. The van der Waals surface area contributed by atoms with Gasteiger partial charge in [0.2, 0.25) is 0 Å². The fraction of sp³-hybridized carbons (Fsp3) is 0.583. The molecule has 1 fully saturated rings. The van der Waals surface area contributed by atoms with Crippen molar-refractivity contribution in [2.45, 2.75) is 25.3 Å². The Labute approximate surface area is 106 Å². The fourth-order valence-electron chi connectivity index (χ4n) is 2.23. The summed E-state index contributed by atoms with van der Waals surface area (Å²) in [6.07, 6.45) is 4.68. The van der Waals surface area contributed by atoms with Gasteiger partial charge in [0, 0.05) is 19.3 Å². The van der Waals surface area contributed by atoms with E-state index in [1.54, 1.807) is 0 Å². The molecule has 2 heterocycles. The van der Waals surface area contributed by atoms with Crippen LogP contribution in [0.5, 0.6) is 0 Å². The average molecular weight is 258 g/mol. The highest BCUT2D eigenvalue weighted by Gasteiger charge is 2.20. The molecule has 1 aromatic heterocycles. The molecule has 2 rings (SSSR count). The van der Waals surface area contributed by atoms with Crippen LogP contribution >= 0.6 is 11.6 Å². The molecule has 0 amide bonds. The van der Waals surface area contributed by atoms with Crippen LogP contribution in [0.4, 0.5) is 10.2 Å². The van der Waals surface area contributed by atoms with E-state index >= 15 is 0 Å². The van der Waals surface area contributed by atoms with Gasteiger partial charge in [-0.25, -0.2) is 9.37 Å². The van der Waals surface area contributed by atoms with Crippen LogP contribution in [0.15, 0.2) is 12.3 Å². The van der Waals surface area contributed by atoms with Gasteiger partial charge in [-0.3, -0.25) is 0 Å². The molecule has 94 valence electrons. The summed E-state index contributed by atoms with van der Waals surface area (Å²) < 4.78 is 13.8. The molecule has 0 bridgehead atoms. The number of anilines is 1. The Kier molecular flexibility index (Phi) is 4.18. The smallest absolute Gasteiger partial charge is 0.167 e. The largest absolute Gasteiger partial charge is 0.354 e. The van der Waals surface area contributed by atoms with Gasteiger partial charge in [-0.2, -0.15) is 0 Å². The number of nitrogens with one attached hydrogen (secondary N) is 1. The summed E-state index contributed by atoms with van der Waals surface area (Å²) in [4.78, 5) is 6.01. The molecule has 0 spiro atoms. The summed E-state index contributed by atoms with van der Waals surface area (Å²) in [5.41, 5.74) is 0. The minimum Gasteiger partial charge on any atom is -0.354 e. The zero-order valence-corrected chi connectivity index (χ0v) is 10.7. The third-order valence-electron chi connectivity index (χ3n) is 3.22. The van der Waals surface area contributed by atoms with Crippen molar-refractivity contribution in [2.24, 2.45) is 0 Å². The Morgan fingerprint density at radius 2 is 2.29 bits per heavy atom. The van der Waals surface area contributed by atoms with Crippen molar-refractivity contribution in [1.82, 2.24) is 10.3 Å². The lowest BCUT2D eigenvalue weighted by Crippen LogP contribution is -2.33. The Balaban J connectivity index is 2.14. The van der Waals surface area contributed by atoms with E-state index in [0.29, 0.717) is 16.9 Å². The maximum absolute atomic E-state index is 13.8. The molecular formula is C12H17ClFN3. The van der Waals surface area contributed by atoms with Crippen molar-refractivity contribution in [2.75, 3.05) is 25.0 Å². The Morgan fingerprint density at radius 1 is 1.47 bits per heavy atom. The van der Waals surface area contributed by atoms with Crippen LogP contribution in [-0.2, 0) is 0 Å². The van der Waals surface area contributed by atoms with Gasteiger partial charge in [0.15, 0.2) is 11.6 Å². The maximum Gasteiger partial charge on any atom is 0.167 e. The minimum absolute atomic E-state index is 0.335. The number of pyridine rings is 1. The number of rotatable bonds is 2. The molecular weight excluding hydrogens is 241 g/mol. The fourth-order valence-corrected chi connectivity index (χ4v) is 2.37. The molecule has 0 aromatic carbocycles. The Morgan fingerprint density at radius 3 is 3.06 bits per heavy atom. The van der Waals surface area contributed by atoms with Crippen molar-refractivity contribution in [3.63, 3.8) is 0 Å². The lowest BCUT2D eigenvalue weighted by molar-refractivity contribution is 0.542. The molecule has 1 N–H and O–H groups in total. The van der Waals surface area contributed by atoms with Crippen LogP contribution in [0.25, 0.3) is 0 Å². The van der Waals surface area contributed by atoms with E-state index in [1.165, 1.54) is 12.3 Å². The van der Waals surface area contributed by atoms with Gasteiger partial charge in [-0.1, -0.05) is 11.6 Å². The molecule has 0 radical (unpaired) electrons. The van der Waals surface area contributed by atoms with Gasteiger partial charge in [-0.15, -0.1) is 0 Å². The van der Waals surface area contributed by atoms with Crippen molar-refractivity contribution >= 4 is 17.4 Å². The van der Waals surface area contributed by atoms with Gasteiger partial charge in [0.1, 0.15) is 0 Å². The number of hydrogen-bond donors (Lipinski definition) is 1. The van der Waals surface area contributed by atoms with Crippen LogP contribution in [0.1, 0.15) is 19.3 Å². The van der Waals surface area contributed by atoms with Gasteiger partial charge < -0.3 is 10.2 Å². The zero-order chi connectivity index (χ0) is 12.3. The second kappa shape index (κ2) is 5.65. The second-order valence-electron chi connectivity index (χ2n) is 4.40. The number of halogens is 2. The molecule has 0 aliphatic carbocycles. The first-order chi connectivity index (χ1) is 8.18. The van der Waals surface area contributed by atoms with E-state index in [2.05, 4.69) is 10.3 Å². The third kappa shape index (κ3) is 3.07.